The number of aliphatic hydroxyl groups is 1. The van der Waals surface area contributed by atoms with Crippen LogP contribution in [0.5, 0.6) is 0 Å². The average Bonchev–Trinajstić information content (AvgIpc) is 3.85. The van der Waals surface area contributed by atoms with E-state index in [9.17, 15) is 19.5 Å². The number of ether oxygens (including phenoxy) is 2. The second-order valence-corrected chi connectivity index (χ2v) is 19.8. The van der Waals surface area contributed by atoms with Gasteiger partial charge in [0.25, 0.3) is 5.91 Å². The van der Waals surface area contributed by atoms with E-state index >= 15 is 0 Å². The molecule has 0 bridgehead atoms. The molecule has 0 saturated carbocycles. The van der Waals surface area contributed by atoms with Crippen molar-refractivity contribution in [2.75, 3.05) is 32.8 Å². The number of hydrogen-bond donors (Lipinski definition) is 3. The van der Waals surface area contributed by atoms with Crippen molar-refractivity contribution in [3.8, 4) is 0 Å². The van der Waals surface area contributed by atoms with Crippen molar-refractivity contribution in [3.05, 3.63) is 24.0 Å². The molecule has 1 aromatic heterocycles. The first kappa shape index (κ1) is 60.6. The maximum atomic E-state index is 12.9. The number of H-pyrrole nitrogens is 1. The van der Waals surface area contributed by atoms with E-state index in [4.69, 9.17) is 9.47 Å². The van der Waals surface area contributed by atoms with Gasteiger partial charge in [-0.05, 0) is 102 Å². The van der Waals surface area contributed by atoms with Crippen molar-refractivity contribution in [3.63, 3.8) is 0 Å². The number of unbranched alkanes of at least 4 members (excludes halogenated alkanes) is 25. The van der Waals surface area contributed by atoms with E-state index < -0.39 is 6.10 Å². The Morgan fingerprint density at radius 3 is 1.58 bits per heavy atom. The Morgan fingerprint density at radius 1 is 0.585 bits per heavy atom. The summed E-state index contributed by atoms with van der Waals surface area (Å²) in [5.74, 6) is 0.258. The molecule has 3 N–H and O–H groups in total. The van der Waals surface area contributed by atoms with Crippen LogP contribution in [0.25, 0.3) is 0 Å². The predicted octanol–water partition coefficient (Wildman–Crippen LogP) is 15.0. The van der Waals surface area contributed by atoms with Crippen LogP contribution in [0.15, 0.2) is 18.5 Å². The maximum Gasteiger partial charge on any atom is 0.306 e. The van der Waals surface area contributed by atoms with Crippen LogP contribution in [0.1, 0.15) is 276 Å². The third-order valence-electron chi connectivity index (χ3n) is 13.2. The van der Waals surface area contributed by atoms with Crippen molar-refractivity contribution < 1.29 is 29.0 Å². The molecule has 2 atom stereocenters. The number of aliphatic hydroxyl groups excluding tert-OH is 1. The second kappa shape index (κ2) is 45.4. The van der Waals surface area contributed by atoms with E-state index in [1.807, 2.05) is 0 Å². The van der Waals surface area contributed by atoms with Gasteiger partial charge in [-0.3, -0.25) is 14.4 Å². The third-order valence-corrected chi connectivity index (χ3v) is 13.2. The highest BCUT2D eigenvalue weighted by atomic mass is 16.5. The first-order valence-corrected chi connectivity index (χ1v) is 27.9. The van der Waals surface area contributed by atoms with Gasteiger partial charge in [-0.2, -0.15) is 0 Å². The van der Waals surface area contributed by atoms with Gasteiger partial charge in [-0.1, -0.05) is 175 Å². The average molecular weight is 916 g/mol. The Labute approximate surface area is 400 Å². The number of amides is 1. The van der Waals surface area contributed by atoms with Crippen molar-refractivity contribution in [2.24, 2.45) is 5.92 Å². The summed E-state index contributed by atoms with van der Waals surface area (Å²) < 4.78 is 11.7. The van der Waals surface area contributed by atoms with Crippen LogP contribution in [-0.4, -0.2) is 77.8 Å². The fourth-order valence-corrected chi connectivity index (χ4v) is 8.88. The number of carbonyl (C=O) groups excluding carboxylic acids is 3. The Bertz CT molecular complexity index is 1180. The van der Waals surface area contributed by atoms with Gasteiger partial charge < -0.3 is 29.8 Å². The highest BCUT2D eigenvalue weighted by Crippen LogP contribution is 2.19. The Hall–Kier alpha value is -2.39. The van der Waals surface area contributed by atoms with Crippen LogP contribution in [0.4, 0.5) is 0 Å². The minimum atomic E-state index is -0.417. The molecular weight excluding hydrogens is 811 g/mol. The SMILES string of the molecule is CCCCCCCCCCCC(C)COC(=O)CCCCCN(CCCCCCCC(=O)OC(CCCCCCCC)CCCCCCCC)CC(O)CCCCNC(=O)c1cc[nH]c1. The van der Waals surface area contributed by atoms with E-state index in [-0.39, 0.29) is 23.9 Å². The minimum absolute atomic E-state index is 0.0117. The third kappa shape index (κ3) is 39.3. The van der Waals surface area contributed by atoms with Gasteiger partial charge >= 0.3 is 11.9 Å². The molecule has 9 nitrogen and oxygen atoms in total. The summed E-state index contributed by atoms with van der Waals surface area (Å²) in [6, 6.07) is 1.77. The Balaban J connectivity index is 2.41. The lowest BCUT2D eigenvalue weighted by Crippen LogP contribution is -2.34. The van der Waals surface area contributed by atoms with Crippen LogP contribution < -0.4 is 5.32 Å². The van der Waals surface area contributed by atoms with Crippen LogP contribution in [-0.2, 0) is 19.1 Å². The number of nitrogens with one attached hydrogen (secondary N) is 2. The Kier molecular flexibility index (Phi) is 42.3. The number of nitrogens with zero attached hydrogens (tertiary/aromatic N) is 1. The molecule has 0 aliphatic rings. The number of carbonyl (C=O) groups is 3. The molecule has 65 heavy (non-hydrogen) atoms. The van der Waals surface area contributed by atoms with E-state index in [1.54, 1.807) is 18.5 Å². The first-order valence-electron chi connectivity index (χ1n) is 27.9. The molecule has 1 amide bonds. The summed E-state index contributed by atoms with van der Waals surface area (Å²) >= 11 is 0. The molecular formula is C56H105N3O6. The molecule has 0 spiro atoms. The molecule has 0 radical (unpaired) electrons. The zero-order valence-corrected chi connectivity index (χ0v) is 43.1. The van der Waals surface area contributed by atoms with Crippen LogP contribution in [0.3, 0.4) is 0 Å². The molecule has 2 unspecified atom stereocenters. The normalized spacial score (nSPS) is 12.5. The molecule has 380 valence electrons. The summed E-state index contributed by atoms with van der Waals surface area (Å²) in [7, 11) is 0. The minimum Gasteiger partial charge on any atom is -0.465 e. The van der Waals surface area contributed by atoms with Crippen LogP contribution >= 0.6 is 0 Å². The van der Waals surface area contributed by atoms with E-state index in [0.717, 1.165) is 109 Å². The van der Waals surface area contributed by atoms with Crippen molar-refractivity contribution >= 4 is 17.8 Å². The molecule has 0 aromatic carbocycles. The van der Waals surface area contributed by atoms with Gasteiger partial charge in [0.15, 0.2) is 0 Å². The summed E-state index contributed by atoms with van der Waals surface area (Å²) in [6.07, 6.45) is 44.7. The Morgan fingerprint density at radius 2 is 1.05 bits per heavy atom. The van der Waals surface area contributed by atoms with Crippen molar-refractivity contribution in [1.82, 2.24) is 15.2 Å². The summed E-state index contributed by atoms with van der Waals surface area (Å²) in [5, 5.41) is 14.0. The van der Waals surface area contributed by atoms with Crippen LogP contribution in [0, 0.1) is 5.92 Å². The number of esters is 2. The highest BCUT2D eigenvalue weighted by Gasteiger charge is 2.16. The van der Waals surface area contributed by atoms with Gasteiger partial charge in [0.05, 0.1) is 18.3 Å². The molecule has 0 aliphatic carbocycles. The van der Waals surface area contributed by atoms with Gasteiger partial charge in [0.1, 0.15) is 6.10 Å². The fraction of sp³-hybridized carbons (Fsp3) is 0.875. The lowest BCUT2D eigenvalue weighted by molar-refractivity contribution is -0.150. The smallest absolute Gasteiger partial charge is 0.306 e. The number of hydrogen-bond acceptors (Lipinski definition) is 7. The monoisotopic (exact) mass is 916 g/mol. The summed E-state index contributed by atoms with van der Waals surface area (Å²) in [6.45, 7) is 12.6. The zero-order chi connectivity index (χ0) is 47.3. The van der Waals surface area contributed by atoms with Crippen molar-refractivity contribution in [1.29, 1.82) is 0 Å². The maximum absolute atomic E-state index is 12.9. The summed E-state index contributed by atoms with van der Waals surface area (Å²) in [5.41, 5.74) is 0.635. The van der Waals surface area contributed by atoms with E-state index in [0.29, 0.717) is 50.4 Å². The largest absolute Gasteiger partial charge is 0.465 e. The summed E-state index contributed by atoms with van der Waals surface area (Å²) in [4.78, 5) is 43.0. The molecule has 1 heterocycles. The van der Waals surface area contributed by atoms with Gasteiger partial charge in [-0.15, -0.1) is 0 Å². The van der Waals surface area contributed by atoms with E-state index in [2.05, 4.69) is 42.9 Å². The van der Waals surface area contributed by atoms with Gasteiger partial charge in [0.2, 0.25) is 0 Å². The lowest BCUT2D eigenvalue weighted by Gasteiger charge is -2.25. The lowest BCUT2D eigenvalue weighted by atomic mass is 10.0. The molecule has 0 saturated heterocycles. The molecule has 1 rings (SSSR count). The fourth-order valence-electron chi connectivity index (χ4n) is 8.88. The van der Waals surface area contributed by atoms with Gasteiger partial charge in [0, 0.05) is 38.3 Å². The van der Waals surface area contributed by atoms with Gasteiger partial charge in [-0.25, -0.2) is 0 Å². The molecule has 0 fully saturated rings. The first-order chi connectivity index (χ1) is 31.8. The number of aromatic nitrogens is 1. The highest BCUT2D eigenvalue weighted by molar-refractivity contribution is 5.93. The van der Waals surface area contributed by atoms with Crippen LogP contribution in [0.2, 0.25) is 0 Å². The standard InChI is InChI=1S/C56H105N3O6/c1-5-8-11-14-17-18-19-21-27-36-50(4)49-64-54(61)40-31-26-35-46-59(48-52(60)37-32-33-43-58-56(63)51-42-44-57-47-51)45-34-25-20-24-30-41-55(62)65-53(38-28-22-15-12-9-6-2)39-29-23-16-13-10-7-3/h42,44,47,50,52-53,57,60H,5-41,43,45-46,48-49H2,1-4H3,(H,58,63). The predicted molar refractivity (Wildman–Crippen MR) is 273 cm³/mol. The van der Waals surface area contributed by atoms with Crippen molar-refractivity contribution in [2.45, 2.75) is 277 Å². The van der Waals surface area contributed by atoms with E-state index in [1.165, 1.54) is 122 Å². The molecule has 1 aromatic rings. The second-order valence-electron chi connectivity index (χ2n) is 19.8. The number of aromatic amines is 1. The topological polar surface area (TPSA) is 121 Å². The molecule has 9 heteroatoms. The quantitative estimate of drug-likeness (QED) is 0.0440. The number of rotatable bonds is 49. The zero-order valence-electron chi connectivity index (χ0n) is 43.1. The molecule has 0 aliphatic heterocycles.